The molecule has 142 valence electrons. The van der Waals surface area contributed by atoms with Crippen LogP contribution in [0.25, 0.3) is 16.6 Å². The predicted molar refractivity (Wildman–Crippen MR) is 106 cm³/mol. The molecule has 0 saturated carbocycles. The highest BCUT2D eigenvalue weighted by atomic mass is 32.2. The van der Waals surface area contributed by atoms with Gasteiger partial charge in [0, 0.05) is 35.8 Å². The number of piperidine rings is 1. The number of hydrogen-bond donors (Lipinski definition) is 1. The molecule has 7 heteroatoms. The molecule has 0 spiro atoms. The van der Waals surface area contributed by atoms with Crippen molar-refractivity contribution >= 4 is 20.7 Å². The summed E-state index contributed by atoms with van der Waals surface area (Å²) in [4.78, 5) is 18.7. The van der Waals surface area contributed by atoms with Crippen LogP contribution in [0.15, 0.2) is 52.3 Å². The maximum Gasteiger partial charge on any atom is 0.279 e. The van der Waals surface area contributed by atoms with Crippen molar-refractivity contribution in [2.24, 2.45) is 0 Å². The minimum absolute atomic E-state index is 0.169. The molecule has 1 N–H and O–H groups in total. The number of aromatic nitrogens is 2. The number of nitrogens with one attached hydrogen (secondary N) is 1. The highest BCUT2D eigenvalue weighted by Crippen LogP contribution is 2.24. The normalized spacial score (nSPS) is 16.0. The van der Waals surface area contributed by atoms with Gasteiger partial charge in [0.2, 0.25) is 0 Å². The van der Waals surface area contributed by atoms with Crippen LogP contribution in [-0.2, 0) is 16.4 Å². The molecule has 0 amide bonds. The second-order valence-electron chi connectivity index (χ2n) is 7.20. The summed E-state index contributed by atoms with van der Waals surface area (Å²) >= 11 is 0. The first-order valence-corrected chi connectivity index (χ1v) is 11.1. The number of para-hydroxylation sites is 1. The van der Waals surface area contributed by atoms with E-state index in [2.05, 4.69) is 9.88 Å². The molecule has 27 heavy (non-hydrogen) atoms. The van der Waals surface area contributed by atoms with Gasteiger partial charge in [-0.3, -0.25) is 14.3 Å². The number of sulfone groups is 1. The highest BCUT2D eigenvalue weighted by Gasteiger charge is 2.20. The Hall–Kier alpha value is -2.38. The van der Waals surface area contributed by atoms with Crippen molar-refractivity contribution < 1.29 is 8.42 Å². The summed E-state index contributed by atoms with van der Waals surface area (Å²) in [5, 5.41) is 0.474. The van der Waals surface area contributed by atoms with Crippen LogP contribution in [-0.4, -0.2) is 42.2 Å². The molecule has 3 heterocycles. The molecule has 1 aromatic carbocycles. The summed E-state index contributed by atoms with van der Waals surface area (Å²) in [6.07, 6.45) is 6.22. The van der Waals surface area contributed by atoms with Crippen LogP contribution in [0.1, 0.15) is 25.0 Å². The summed E-state index contributed by atoms with van der Waals surface area (Å²) in [5.74, 6) is 0. The van der Waals surface area contributed by atoms with Crippen LogP contribution >= 0.6 is 0 Å². The molecule has 0 radical (unpaired) electrons. The lowest BCUT2D eigenvalue weighted by Gasteiger charge is -2.25. The lowest BCUT2D eigenvalue weighted by Crippen LogP contribution is -2.29. The zero-order valence-corrected chi connectivity index (χ0v) is 16.1. The molecule has 1 aliphatic heterocycles. The minimum Gasteiger partial charge on any atom is -0.353 e. The Balaban J connectivity index is 1.87. The van der Waals surface area contributed by atoms with E-state index < -0.39 is 9.84 Å². The van der Waals surface area contributed by atoms with Crippen LogP contribution < -0.4 is 5.56 Å². The van der Waals surface area contributed by atoms with Gasteiger partial charge in [0.05, 0.1) is 4.90 Å². The van der Waals surface area contributed by atoms with Gasteiger partial charge in [0.25, 0.3) is 5.56 Å². The fraction of sp³-hybridized carbons (Fsp3) is 0.350. The van der Waals surface area contributed by atoms with Crippen LogP contribution in [0, 0.1) is 0 Å². The molecule has 2 aromatic heterocycles. The average Bonchev–Trinajstić information content (AvgIpc) is 3.06. The van der Waals surface area contributed by atoms with E-state index in [4.69, 9.17) is 0 Å². The van der Waals surface area contributed by atoms with E-state index in [1.165, 1.54) is 36.3 Å². The van der Waals surface area contributed by atoms with E-state index in [1.54, 1.807) is 12.1 Å². The lowest BCUT2D eigenvalue weighted by molar-refractivity contribution is 0.219. The third kappa shape index (κ3) is 3.57. The average molecular weight is 385 g/mol. The monoisotopic (exact) mass is 385 g/mol. The summed E-state index contributed by atoms with van der Waals surface area (Å²) in [7, 11) is -3.49. The third-order valence-electron chi connectivity index (χ3n) is 5.09. The van der Waals surface area contributed by atoms with Crippen molar-refractivity contribution in [1.82, 2.24) is 14.5 Å². The van der Waals surface area contributed by atoms with Crippen LogP contribution in [0.2, 0.25) is 0 Å². The van der Waals surface area contributed by atoms with Gasteiger partial charge in [-0.1, -0.05) is 24.6 Å². The number of nitrogens with zero attached hydrogens (tertiary/aromatic N) is 2. The van der Waals surface area contributed by atoms with Gasteiger partial charge in [-0.25, -0.2) is 8.42 Å². The fourth-order valence-electron chi connectivity index (χ4n) is 3.76. The molecule has 0 aliphatic carbocycles. The number of hydrogen-bond acceptors (Lipinski definition) is 4. The topological polar surface area (TPSA) is 75.2 Å². The summed E-state index contributed by atoms with van der Waals surface area (Å²) < 4.78 is 26.2. The summed E-state index contributed by atoms with van der Waals surface area (Å²) in [6, 6.07) is 10.9. The zero-order chi connectivity index (χ0) is 19.0. The molecule has 0 unspecified atom stereocenters. The van der Waals surface area contributed by atoms with Gasteiger partial charge < -0.3 is 4.98 Å². The molecule has 0 atom stereocenters. The van der Waals surface area contributed by atoms with Gasteiger partial charge in [0.1, 0.15) is 5.52 Å². The number of benzene rings is 1. The first-order chi connectivity index (χ1) is 12.9. The van der Waals surface area contributed by atoms with Gasteiger partial charge in [0.15, 0.2) is 9.84 Å². The smallest absolute Gasteiger partial charge is 0.279 e. The number of fused-ring (bicyclic) bond motifs is 1. The van der Waals surface area contributed by atoms with E-state index in [9.17, 15) is 13.2 Å². The number of H-pyrrole nitrogens is 1. The first-order valence-electron chi connectivity index (χ1n) is 9.18. The maximum atomic E-state index is 13.0. The summed E-state index contributed by atoms with van der Waals surface area (Å²) in [5.41, 5.74) is 1.61. The van der Waals surface area contributed by atoms with Crippen molar-refractivity contribution in [3.63, 3.8) is 0 Å². The van der Waals surface area contributed by atoms with E-state index in [0.717, 1.165) is 18.8 Å². The Labute approximate surface area is 158 Å². The molecular formula is C20H23N3O3S. The van der Waals surface area contributed by atoms with Crippen molar-refractivity contribution in [1.29, 1.82) is 0 Å². The molecule has 1 saturated heterocycles. The maximum absolute atomic E-state index is 13.0. The first kappa shape index (κ1) is 18.0. The molecule has 6 nitrogen and oxygen atoms in total. The molecular weight excluding hydrogens is 362 g/mol. The Bertz CT molecular complexity index is 1120. The number of likely N-dealkylation sites (tertiary alicyclic amines) is 1. The van der Waals surface area contributed by atoms with Gasteiger partial charge in [-0.15, -0.1) is 0 Å². The lowest BCUT2D eigenvalue weighted by atomic mass is 10.1. The Morgan fingerprint density at radius 2 is 1.78 bits per heavy atom. The summed E-state index contributed by atoms with van der Waals surface area (Å²) in [6.45, 7) is 2.76. The standard InChI is InChI=1S/C20H23N3O3S/c1-27(25,26)18-14-23(16-8-4-2-5-9-16)20(24)19-17(18)12-15(21-19)13-22-10-6-3-7-11-22/h2,4-5,8-9,12,14,21H,3,6-7,10-11,13H2,1H3. The van der Waals surface area contributed by atoms with Crippen molar-refractivity contribution in [3.05, 3.63) is 58.6 Å². The predicted octanol–water partition coefficient (Wildman–Crippen LogP) is 2.71. The minimum atomic E-state index is -3.49. The van der Waals surface area contributed by atoms with Gasteiger partial charge in [-0.05, 0) is 44.1 Å². The van der Waals surface area contributed by atoms with Crippen molar-refractivity contribution in [2.45, 2.75) is 30.7 Å². The van der Waals surface area contributed by atoms with Crippen LogP contribution in [0.5, 0.6) is 0 Å². The van der Waals surface area contributed by atoms with E-state index in [0.29, 0.717) is 23.1 Å². The van der Waals surface area contributed by atoms with E-state index >= 15 is 0 Å². The molecule has 0 bridgehead atoms. The van der Waals surface area contributed by atoms with Crippen LogP contribution in [0.4, 0.5) is 0 Å². The molecule has 4 rings (SSSR count). The zero-order valence-electron chi connectivity index (χ0n) is 15.3. The Morgan fingerprint density at radius 3 is 2.44 bits per heavy atom. The molecule has 1 fully saturated rings. The second kappa shape index (κ2) is 6.98. The van der Waals surface area contributed by atoms with Gasteiger partial charge >= 0.3 is 0 Å². The number of pyridine rings is 1. The van der Waals surface area contributed by atoms with Gasteiger partial charge in [-0.2, -0.15) is 0 Å². The Kier molecular flexibility index (Phi) is 4.65. The van der Waals surface area contributed by atoms with Crippen LogP contribution in [0.3, 0.4) is 0 Å². The highest BCUT2D eigenvalue weighted by molar-refractivity contribution is 7.91. The quantitative estimate of drug-likeness (QED) is 0.749. The number of aromatic amines is 1. The SMILES string of the molecule is CS(=O)(=O)c1cn(-c2ccccc2)c(=O)c2[nH]c(CN3CCCCC3)cc12. The van der Waals surface area contributed by atoms with Crippen molar-refractivity contribution in [3.8, 4) is 5.69 Å². The van der Waals surface area contributed by atoms with E-state index in [-0.39, 0.29) is 10.5 Å². The van der Waals surface area contributed by atoms with E-state index in [1.807, 2.05) is 24.3 Å². The Morgan fingerprint density at radius 1 is 1.07 bits per heavy atom. The second-order valence-corrected chi connectivity index (χ2v) is 9.18. The number of rotatable bonds is 4. The molecule has 1 aliphatic rings. The van der Waals surface area contributed by atoms with Crippen molar-refractivity contribution in [2.75, 3.05) is 19.3 Å². The third-order valence-corrected chi connectivity index (χ3v) is 6.22. The fourth-order valence-corrected chi connectivity index (χ4v) is 4.62. The molecule has 3 aromatic rings. The largest absolute Gasteiger partial charge is 0.353 e.